The molecular formula is C15H23NO4. The fourth-order valence-electron chi connectivity index (χ4n) is 0.867. The van der Waals surface area contributed by atoms with Crippen LogP contribution in [0.2, 0.25) is 0 Å². The first-order valence-corrected chi connectivity index (χ1v) is 6.64. The van der Waals surface area contributed by atoms with Crippen molar-refractivity contribution in [3.8, 4) is 6.07 Å². The van der Waals surface area contributed by atoms with Crippen molar-refractivity contribution in [2.45, 2.75) is 39.5 Å². The maximum absolute atomic E-state index is 11.0. The number of rotatable bonds is 8. The van der Waals surface area contributed by atoms with E-state index in [4.69, 9.17) is 14.7 Å². The Kier molecular flexibility index (Phi) is 17.1. The Bertz CT molecular complexity index is 318. The molecule has 0 aromatic carbocycles. The molecule has 0 aromatic heterocycles. The molecule has 0 aromatic rings. The molecule has 0 heterocycles. The second kappa shape index (κ2) is 16.9. The van der Waals surface area contributed by atoms with Gasteiger partial charge in [-0.2, -0.15) is 5.26 Å². The molecule has 0 spiro atoms. The fraction of sp³-hybridized carbons (Fsp3) is 0.533. The van der Waals surface area contributed by atoms with Crippen molar-refractivity contribution in [1.29, 1.82) is 5.26 Å². The molecule has 0 fully saturated rings. The average Bonchev–Trinajstić information content (AvgIpc) is 2.46. The van der Waals surface area contributed by atoms with Gasteiger partial charge in [0.1, 0.15) is 0 Å². The van der Waals surface area contributed by atoms with Crippen LogP contribution in [0.4, 0.5) is 0 Å². The van der Waals surface area contributed by atoms with Gasteiger partial charge in [-0.05, 0) is 12.8 Å². The number of unbranched alkanes of at least 4 members (excludes halogenated alkanes) is 2. The standard InChI is InChI=1S/C12H20O4.C3H3N/c1-3-5-9-15-11(13)7-8-12(14)16-10-6-4-2;1-2-3-4/h7-8H,3-6,9-10H2,1-2H3;2H,1H2. The second-order valence-electron chi connectivity index (χ2n) is 3.71. The number of hydrogen-bond acceptors (Lipinski definition) is 5. The van der Waals surface area contributed by atoms with Crippen LogP contribution in [0.25, 0.3) is 0 Å². The van der Waals surface area contributed by atoms with Crippen LogP contribution in [-0.4, -0.2) is 25.2 Å². The molecule has 0 aliphatic heterocycles. The summed E-state index contributed by atoms with van der Waals surface area (Å²) in [6.07, 6.45) is 6.99. The predicted octanol–water partition coefficient (Wildman–Crippen LogP) is 2.93. The Balaban J connectivity index is 0. The van der Waals surface area contributed by atoms with Gasteiger partial charge in [-0.1, -0.05) is 33.3 Å². The zero-order chi connectivity index (χ0) is 15.6. The second-order valence-corrected chi connectivity index (χ2v) is 3.71. The molecule has 5 nitrogen and oxygen atoms in total. The van der Waals surface area contributed by atoms with Crippen molar-refractivity contribution in [2.24, 2.45) is 0 Å². The van der Waals surface area contributed by atoms with Crippen LogP contribution in [0.1, 0.15) is 39.5 Å². The van der Waals surface area contributed by atoms with Gasteiger partial charge in [0.15, 0.2) is 0 Å². The maximum atomic E-state index is 11.0. The highest BCUT2D eigenvalue weighted by molar-refractivity contribution is 5.91. The lowest BCUT2D eigenvalue weighted by Crippen LogP contribution is -2.05. The summed E-state index contributed by atoms with van der Waals surface area (Å²) < 4.78 is 9.65. The molecule has 0 N–H and O–H groups in total. The van der Waals surface area contributed by atoms with Crippen molar-refractivity contribution < 1.29 is 19.1 Å². The van der Waals surface area contributed by atoms with Crippen molar-refractivity contribution in [2.75, 3.05) is 13.2 Å². The zero-order valence-electron chi connectivity index (χ0n) is 12.3. The highest BCUT2D eigenvalue weighted by Crippen LogP contribution is 1.92. The summed E-state index contributed by atoms with van der Waals surface area (Å²) in [5, 5.41) is 7.51. The van der Waals surface area contributed by atoms with E-state index in [1.807, 2.05) is 13.8 Å². The Morgan fingerprint density at radius 1 is 1.05 bits per heavy atom. The lowest BCUT2D eigenvalue weighted by atomic mass is 10.4. The third-order valence-corrected chi connectivity index (χ3v) is 1.93. The molecule has 0 rings (SSSR count). The van der Waals surface area contributed by atoms with E-state index in [2.05, 4.69) is 6.58 Å². The number of hydrogen-bond donors (Lipinski definition) is 0. The lowest BCUT2D eigenvalue weighted by Gasteiger charge is -2.00. The first-order valence-electron chi connectivity index (χ1n) is 6.64. The Labute approximate surface area is 120 Å². The van der Waals surface area contributed by atoms with E-state index in [-0.39, 0.29) is 0 Å². The van der Waals surface area contributed by atoms with Crippen LogP contribution < -0.4 is 0 Å². The fourth-order valence-corrected chi connectivity index (χ4v) is 0.867. The molecule has 0 radical (unpaired) electrons. The molecule has 112 valence electrons. The quantitative estimate of drug-likeness (QED) is 0.296. The molecule has 0 atom stereocenters. The highest BCUT2D eigenvalue weighted by atomic mass is 16.5. The number of esters is 2. The van der Waals surface area contributed by atoms with Crippen molar-refractivity contribution >= 4 is 11.9 Å². The van der Waals surface area contributed by atoms with Gasteiger partial charge in [-0.15, -0.1) is 0 Å². The van der Waals surface area contributed by atoms with Gasteiger partial charge in [0, 0.05) is 18.2 Å². The van der Waals surface area contributed by atoms with Crippen LogP contribution in [0.15, 0.2) is 24.8 Å². The van der Waals surface area contributed by atoms with Gasteiger partial charge < -0.3 is 9.47 Å². The van der Waals surface area contributed by atoms with Crippen LogP contribution in [0.5, 0.6) is 0 Å². The summed E-state index contributed by atoms with van der Waals surface area (Å²) >= 11 is 0. The maximum Gasteiger partial charge on any atom is 0.331 e. The summed E-state index contributed by atoms with van der Waals surface area (Å²) in [6.45, 7) is 7.92. The van der Waals surface area contributed by atoms with Gasteiger partial charge in [0.05, 0.1) is 19.3 Å². The predicted molar refractivity (Wildman–Crippen MR) is 76.7 cm³/mol. The molecule has 0 saturated heterocycles. The van der Waals surface area contributed by atoms with E-state index >= 15 is 0 Å². The summed E-state index contributed by atoms with van der Waals surface area (Å²) in [4.78, 5) is 22.1. The SMILES string of the molecule is C=CC#N.CCCCOC(=O)C=CC(=O)OCCCC. The van der Waals surface area contributed by atoms with Crippen molar-refractivity contribution in [3.63, 3.8) is 0 Å². The number of nitriles is 1. The van der Waals surface area contributed by atoms with Crippen molar-refractivity contribution in [3.05, 3.63) is 24.8 Å². The molecule has 0 amide bonds. The largest absolute Gasteiger partial charge is 0.463 e. The van der Waals surface area contributed by atoms with Gasteiger partial charge in [0.25, 0.3) is 0 Å². The van der Waals surface area contributed by atoms with Gasteiger partial charge in [-0.25, -0.2) is 9.59 Å². The van der Waals surface area contributed by atoms with Crippen LogP contribution in [-0.2, 0) is 19.1 Å². The Hall–Kier alpha value is -2.09. The summed E-state index contributed by atoms with van der Waals surface area (Å²) in [7, 11) is 0. The topological polar surface area (TPSA) is 76.4 Å². The number of carbonyl (C=O) groups is 2. The number of nitrogens with zero attached hydrogens (tertiary/aromatic N) is 1. The summed E-state index contributed by atoms with van der Waals surface area (Å²) in [5.41, 5.74) is 0. The van der Waals surface area contributed by atoms with E-state index in [0.29, 0.717) is 13.2 Å². The minimum Gasteiger partial charge on any atom is -0.463 e. The average molecular weight is 281 g/mol. The minimum atomic E-state index is -0.499. The smallest absolute Gasteiger partial charge is 0.331 e. The Morgan fingerprint density at radius 2 is 1.40 bits per heavy atom. The third-order valence-electron chi connectivity index (χ3n) is 1.93. The van der Waals surface area contributed by atoms with Gasteiger partial charge >= 0.3 is 11.9 Å². The van der Waals surface area contributed by atoms with Crippen LogP contribution >= 0.6 is 0 Å². The molecular weight excluding hydrogens is 258 g/mol. The van der Waals surface area contributed by atoms with Crippen LogP contribution in [0.3, 0.4) is 0 Å². The van der Waals surface area contributed by atoms with Crippen molar-refractivity contribution in [1.82, 2.24) is 0 Å². The molecule has 0 aliphatic carbocycles. The monoisotopic (exact) mass is 281 g/mol. The van der Waals surface area contributed by atoms with Gasteiger partial charge in [0.2, 0.25) is 0 Å². The molecule has 0 bridgehead atoms. The summed E-state index contributed by atoms with van der Waals surface area (Å²) in [5.74, 6) is -0.998. The van der Waals surface area contributed by atoms with E-state index in [9.17, 15) is 9.59 Å². The first-order chi connectivity index (χ1) is 9.62. The summed E-state index contributed by atoms with van der Waals surface area (Å²) in [6, 6.07) is 1.69. The van der Waals surface area contributed by atoms with E-state index < -0.39 is 11.9 Å². The highest BCUT2D eigenvalue weighted by Gasteiger charge is 2.00. The van der Waals surface area contributed by atoms with E-state index in [0.717, 1.165) is 37.8 Å². The molecule has 0 unspecified atom stereocenters. The normalized spacial score (nSPS) is 9.05. The Morgan fingerprint density at radius 3 is 1.65 bits per heavy atom. The van der Waals surface area contributed by atoms with E-state index in [1.165, 1.54) is 6.08 Å². The number of ether oxygens (including phenoxy) is 2. The molecule has 5 heteroatoms. The lowest BCUT2D eigenvalue weighted by molar-refractivity contribution is -0.140. The molecule has 20 heavy (non-hydrogen) atoms. The number of carbonyl (C=O) groups excluding carboxylic acids is 2. The third kappa shape index (κ3) is 18.3. The first kappa shape index (κ1) is 20.2. The number of allylic oxidation sites excluding steroid dienone is 1. The van der Waals surface area contributed by atoms with Crippen LogP contribution in [0, 0.1) is 11.3 Å². The van der Waals surface area contributed by atoms with Gasteiger partial charge in [-0.3, -0.25) is 0 Å². The zero-order valence-corrected chi connectivity index (χ0v) is 12.3. The van der Waals surface area contributed by atoms with E-state index in [1.54, 1.807) is 6.07 Å². The molecule has 0 saturated carbocycles. The molecule has 0 aliphatic rings. The minimum absolute atomic E-state index is 0.393.